The van der Waals surface area contributed by atoms with Crippen LogP contribution in [0.5, 0.6) is 0 Å². The van der Waals surface area contributed by atoms with Gasteiger partial charge in [-0.15, -0.1) is 11.3 Å². The lowest BCUT2D eigenvalue weighted by Crippen LogP contribution is -2.23. The van der Waals surface area contributed by atoms with Gasteiger partial charge < -0.3 is 10.7 Å². The highest BCUT2D eigenvalue weighted by Crippen LogP contribution is 2.36. The Labute approximate surface area is 151 Å². The van der Waals surface area contributed by atoms with Gasteiger partial charge in [0.05, 0.1) is 10.6 Å². The van der Waals surface area contributed by atoms with Crippen molar-refractivity contribution < 1.29 is 4.79 Å². The van der Waals surface area contributed by atoms with Crippen molar-refractivity contribution in [1.29, 1.82) is 0 Å². The zero-order valence-electron chi connectivity index (χ0n) is 12.9. The Morgan fingerprint density at radius 2 is 2.04 bits per heavy atom. The van der Waals surface area contributed by atoms with Gasteiger partial charge in [0.25, 0.3) is 5.56 Å². The lowest BCUT2D eigenvalue weighted by atomic mass is 10.0. The molecular weight excluding hydrogens is 366 g/mol. The second-order valence-corrected chi connectivity index (χ2v) is 8.22. The number of benzene rings is 1. The molecule has 3 rings (SSSR count). The highest BCUT2D eigenvalue weighted by molar-refractivity contribution is 8.00. The Morgan fingerprint density at radius 3 is 2.67 bits per heavy atom. The number of rotatable bonds is 4. The van der Waals surface area contributed by atoms with E-state index in [9.17, 15) is 9.59 Å². The number of aromatic nitrogens is 2. The Kier molecular flexibility index (Phi) is 4.67. The van der Waals surface area contributed by atoms with Gasteiger partial charge >= 0.3 is 0 Å². The quantitative estimate of drug-likeness (QED) is 0.535. The number of nitrogens with one attached hydrogen (secondary N) is 1. The topological polar surface area (TPSA) is 88.8 Å². The number of thiophene rings is 1. The number of hydrogen-bond donors (Lipinski definition) is 2. The fraction of sp³-hybridized carbons (Fsp3) is 0.188. The molecule has 8 heteroatoms. The van der Waals surface area contributed by atoms with Crippen molar-refractivity contribution in [3.8, 4) is 11.1 Å². The number of fused-ring (bicyclic) bond motifs is 1. The van der Waals surface area contributed by atoms with E-state index in [2.05, 4.69) is 9.97 Å². The highest BCUT2D eigenvalue weighted by Gasteiger charge is 2.18. The number of primary amides is 1. The molecule has 5 nitrogen and oxygen atoms in total. The number of carbonyl (C=O) groups is 1. The van der Waals surface area contributed by atoms with E-state index >= 15 is 0 Å². The fourth-order valence-electron chi connectivity index (χ4n) is 2.34. The monoisotopic (exact) mass is 379 g/mol. The van der Waals surface area contributed by atoms with Crippen LogP contribution in [0, 0.1) is 6.92 Å². The van der Waals surface area contributed by atoms with Crippen molar-refractivity contribution >= 4 is 50.8 Å². The van der Waals surface area contributed by atoms with Gasteiger partial charge in [0.2, 0.25) is 5.91 Å². The van der Waals surface area contributed by atoms with E-state index in [0.29, 0.717) is 20.4 Å². The van der Waals surface area contributed by atoms with Crippen molar-refractivity contribution in [2.24, 2.45) is 5.73 Å². The molecule has 2 heterocycles. The average Bonchev–Trinajstić information content (AvgIpc) is 2.84. The number of thioether (sulfide) groups is 1. The van der Waals surface area contributed by atoms with Crippen LogP contribution < -0.4 is 11.3 Å². The van der Waals surface area contributed by atoms with E-state index < -0.39 is 11.2 Å². The normalized spacial score (nSPS) is 12.5. The van der Waals surface area contributed by atoms with Crippen LogP contribution in [0.15, 0.2) is 34.2 Å². The Bertz CT molecular complexity index is 979. The van der Waals surface area contributed by atoms with Crippen molar-refractivity contribution in [3.05, 3.63) is 44.5 Å². The van der Waals surface area contributed by atoms with Crippen LogP contribution >= 0.6 is 34.7 Å². The smallest absolute Gasteiger partial charge is 0.260 e. The molecule has 0 saturated heterocycles. The maximum Gasteiger partial charge on any atom is 0.260 e. The summed E-state index contributed by atoms with van der Waals surface area (Å²) >= 11 is 8.53. The van der Waals surface area contributed by atoms with Crippen LogP contribution in [0.2, 0.25) is 5.02 Å². The first-order chi connectivity index (χ1) is 11.4. The zero-order chi connectivity index (χ0) is 17.4. The third-order valence-corrected chi connectivity index (χ3v) is 5.79. The van der Waals surface area contributed by atoms with Gasteiger partial charge in [0, 0.05) is 15.5 Å². The number of aryl methyl sites for hydroxylation is 1. The first-order valence-electron chi connectivity index (χ1n) is 7.12. The molecule has 24 heavy (non-hydrogen) atoms. The Balaban J connectivity index is 2.13. The van der Waals surface area contributed by atoms with Gasteiger partial charge in [-0.3, -0.25) is 9.59 Å². The first-order valence-corrected chi connectivity index (χ1v) is 9.19. The molecule has 3 N–H and O–H groups in total. The fourth-order valence-corrected chi connectivity index (χ4v) is 4.32. The molecule has 1 aromatic carbocycles. The highest BCUT2D eigenvalue weighted by atomic mass is 35.5. The van der Waals surface area contributed by atoms with E-state index in [1.807, 2.05) is 19.1 Å². The molecule has 0 spiro atoms. The van der Waals surface area contributed by atoms with E-state index in [0.717, 1.165) is 27.8 Å². The van der Waals surface area contributed by atoms with Crippen LogP contribution in [-0.4, -0.2) is 21.1 Å². The maximum absolute atomic E-state index is 12.6. The molecule has 0 aliphatic rings. The summed E-state index contributed by atoms with van der Waals surface area (Å²) in [5.74, 6) is -0.452. The average molecular weight is 380 g/mol. The minimum atomic E-state index is -0.470. The van der Waals surface area contributed by atoms with Gasteiger partial charge in [0.15, 0.2) is 5.16 Å². The van der Waals surface area contributed by atoms with Crippen LogP contribution in [0.3, 0.4) is 0 Å². The maximum atomic E-state index is 12.6. The molecular formula is C16H14ClN3O2S2. The summed E-state index contributed by atoms with van der Waals surface area (Å²) in [5.41, 5.74) is 6.81. The number of nitrogens with two attached hydrogens (primary N) is 1. The standard InChI is InChI=1S/C16H14ClN3O2S2/c1-7-11(9-3-5-10(17)6-4-9)12-14(22)19-16(20-15(12)23-7)24-8(2)13(18)21/h3-6,8H,1-2H3,(H2,18,21)(H,19,20,22). The minimum Gasteiger partial charge on any atom is -0.369 e. The molecule has 1 unspecified atom stereocenters. The van der Waals surface area contributed by atoms with E-state index in [4.69, 9.17) is 17.3 Å². The SMILES string of the molecule is Cc1sc2nc(SC(C)C(N)=O)[nH]c(=O)c2c1-c1ccc(Cl)cc1. The Morgan fingerprint density at radius 1 is 1.38 bits per heavy atom. The third kappa shape index (κ3) is 3.19. The number of hydrogen-bond acceptors (Lipinski definition) is 5. The number of amides is 1. The number of aromatic amines is 1. The third-order valence-electron chi connectivity index (χ3n) is 3.54. The predicted molar refractivity (Wildman–Crippen MR) is 99.9 cm³/mol. The van der Waals surface area contributed by atoms with Crippen molar-refractivity contribution in [1.82, 2.24) is 9.97 Å². The number of carbonyl (C=O) groups excluding carboxylic acids is 1. The second kappa shape index (κ2) is 6.58. The molecule has 2 aromatic heterocycles. The van der Waals surface area contributed by atoms with Gasteiger partial charge in [-0.1, -0.05) is 35.5 Å². The largest absolute Gasteiger partial charge is 0.369 e. The lowest BCUT2D eigenvalue weighted by molar-refractivity contribution is -0.117. The molecule has 0 saturated carbocycles. The summed E-state index contributed by atoms with van der Waals surface area (Å²) in [5, 5.41) is 1.11. The van der Waals surface area contributed by atoms with Crippen molar-refractivity contribution in [2.75, 3.05) is 0 Å². The molecule has 0 bridgehead atoms. The molecule has 0 radical (unpaired) electrons. The van der Waals surface area contributed by atoms with Crippen LogP contribution in [0.25, 0.3) is 21.3 Å². The summed E-state index contributed by atoms with van der Waals surface area (Å²) in [4.78, 5) is 32.6. The van der Waals surface area contributed by atoms with Crippen molar-refractivity contribution in [3.63, 3.8) is 0 Å². The minimum absolute atomic E-state index is 0.228. The molecule has 0 aliphatic heterocycles. The molecule has 0 fully saturated rings. The Hall–Kier alpha value is -1.83. The summed E-state index contributed by atoms with van der Waals surface area (Å²) < 4.78 is 0. The van der Waals surface area contributed by atoms with E-state index in [1.165, 1.54) is 11.3 Å². The number of H-pyrrole nitrogens is 1. The van der Waals surface area contributed by atoms with Gasteiger partial charge in [-0.05, 0) is 31.5 Å². The van der Waals surface area contributed by atoms with Crippen LogP contribution in [0.4, 0.5) is 0 Å². The molecule has 124 valence electrons. The molecule has 3 aromatic rings. The van der Waals surface area contributed by atoms with Gasteiger partial charge in [-0.25, -0.2) is 4.98 Å². The summed E-state index contributed by atoms with van der Waals surface area (Å²) in [6.45, 7) is 3.63. The lowest BCUT2D eigenvalue weighted by Gasteiger charge is -2.06. The van der Waals surface area contributed by atoms with Crippen LogP contribution in [-0.2, 0) is 4.79 Å². The van der Waals surface area contributed by atoms with Crippen LogP contribution in [0.1, 0.15) is 11.8 Å². The zero-order valence-corrected chi connectivity index (χ0v) is 15.3. The predicted octanol–water partition coefficient (Wildman–Crippen LogP) is 3.58. The first kappa shape index (κ1) is 17.0. The summed E-state index contributed by atoms with van der Waals surface area (Å²) in [6.07, 6.45) is 0. The van der Waals surface area contributed by atoms with E-state index in [-0.39, 0.29) is 5.56 Å². The summed E-state index contributed by atoms with van der Waals surface area (Å²) in [6, 6.07) is 7.35. The number of halogens is 1. The summed E-state index contributed by atoms with van der Waals surface area (Å²) in [7, 11) is 0. The molecule has 1 amide bonds. The van der Waals surface area contributed by atoms with Gasteiger partial charge in [0.1, 0.15) is 4.83 Å². The van der Waals surface area contributed by atoms with E-state index in [1.54, 1.807) is 19.1 Å². The second-order valence-electron chi connectivity index (χ2n) is 5.25. The molecule has 0 aliphatic carbocycles. The number of nitrogens with zero attached hydrogens (tertiary/aromatic N) is 1. The molecule has 1 atom stereocenters. The van der Waals surface area contributed by atoms with Crippen molar-refractivity contribution in [2.45, 2.75) is 24.3 Å². The van der Waals surface area contributed by atoms with Gasteiger partial charge in [-0.2, -0.15) is 0 Å².